The molecule has 1 aromatic carbocycles. The average molecular weight is 465 g/mol. The molecule has 2 aliphatic heterocycles. The molecule has 31 heavy (non-hydrogen) atoms. The predicted octanol–water partition coefficient (Wildman–Crippen LogP) is 3.19. The van der Waals surface area contributed by atoms with Crippen LogP contribution in [0.15, 0.2) is 33.9 Å². The number of thiophene rings is 1. The maximum Gasteiger partial charge on any atom is 0.252 e. The van der Waals surface area contributed by atoms with E-state index in [1.807, 2.05) is 26.0 Å². The van der Waals surface area contributed by atoms with E-state index in [-0.39, 0.29) is 24.5 Å². The Morgan fingerprint density at radius 3 is 2.97 bits per heavy atom. The van der Waals surface area contributed by atoms with Gasteiger partial charge in [0.2, 0.25) is 5.91 Å². The number of carbonyl (C=O) groups excluding carboxylic acids is 1. The Bertz CT molecular complexity index is 1040. The highest BCUT2D eigenvalue weighted by Crippen LogP contribution is 2.35. The highest BCUT2D eigenvalue weighted by molar-refractivity contribution is 7.91. The van der Waals surface area contributed by atoms with Crippen molar-refractivity contribution in [2.75, 3.05) is 19.7 Å². The maximum absolute atomic E-state index is 12.9. The van der Waals surface area contributed by atoms with Crippen molar-refractivity contribution in [1.29, 1.82) is 0 Å². The van der Waals surface area contributed by atoms with Gasteiger partial charge < -0.3 is 14.8 Å². The monoisotopic (exact) mass is 464 g/mol. The van der Waals surface area contributed by atoms with Gasteiger partial charge in [-0.25, -0.2) is 8.42 Å². The van der Waals surface area contributed by atoms with Crippen molar-refractivity contribution in [3.63, 3.8) is 0 Å². The first-order chi connectivity index (χ1) is 14.9. The molecule has 168 valence electrons. The Morgan fingerprint density at radius 1 is 1.39 bits per heavy atom. The van der Waals surface area contributed by atoms with E-state index in [9.17, 15) is 13.2 Å². The molecule has 0 unspecified atom stereocenters. The molecule has 1 saturated heterocycles. The van der Waals surface area contributed by atoms with Crippen LogP contribution in [-0.4, -0.2) is 44.4 Å². The fourth-order valence-corrected chi connectivity index (χ4v) is 6.82. The third-order valence-corrected chi connectivity index (χ3v) is 8.91. The highest BCUT2D eigenvalue weighted by atomic mass is 32.2. The normalized spacial score (nSPS) is 21.4. The first-order valence-electron chi connectivity index (χ1n) is 10.6. The first kappa shape index (κ1) is 22.1. The molecule has 0 radical (unpaired) electrons. The smallest absolute Gasteiger partial charge is 0.252 e. The summed E-state index contributed by atoms with van der Waals surface area (Å²) in [7, 11) is -3.54. The van der Waals surface area contributed by atoms with Crippen molar-refractivity contribution in [3.05, 3.63) is 40.8 Å². The van der Waals surface area contributed by atoms with Crippen molar-refractivity contribution in [1.82, 2.24) is 9.62 Å². The minimum atomic E-state index is -3.54. The standard InChI is InChI=1S/C22H28N2O5S2/c1-3-28-19-11-17-10-15(2)29-20(17)12-18(19)13-23-22(25)16-6-4-8-24(14-16)31(26,27)21-7-5-9-30-21/h5,7,9,11-12,15-16H,3-4,6,8,10,13-14H2,1-2H3,(H,23,25)/t15-,16+/m1/s1. The lowest BCUT2D eigenvalue weighted by atomic mass is 9.98. The number of fused-ring (bicyclic) bond motifs is 1. The first-order valence-corrected chi connectivity index (χ1v) is 13.0. The summed E-state index contributed by atoms with van der Waals surface area (Å²) < 4.78 is 39.0. The van der Waals surface area contributed by atoms with E-state index in [0.29, 0.717) is 36.7 Å². The molecule has 4 rings (SSSR count). The number of hydrogen-bond donors (Lipinski definition) is 1. The summed E-state index contributed by atoms with van der Waals surface area (Å²) in [6.07, 6.45) is 2.31. The number of hydrogen-bond acceptors (Lipinski definition) is 6. The van der Waals surface area contributed by atoms with Crippen molar-refractivity contribution in [2.24, 2.45) is 5.92 Å². The van der Waals surface area contributed by atoms with E-state index in [1.54, 1.807) is 17.5 Å². The molecule has 3 heterocycles. The van der Waals surface area contributed by atoms with Crippen LogP contribution >= 0.6 is 11.3 Å². The van der Waals surface area contributed by atoms with Crippen LogP contribution in [0.4, 0.5) is 0 Å². The molecule has 1 N–H and O–H groups in total. The molecule has 0 bridgehead atoms. The van der Waals surface area contributed by atoms with Crippen LogP contribution in [0, 0.1) is 5.92 Å². The van der Waals surface area contributed by atoms with Crippen molar-refractivity contribution < 1.29 is 22.7 Å². The van der Waals surface area contributed by atoms with E-state index in [2.05, 4.69) is 5.32 Å². The van der Waals surface area contributed by atoms with E-state index in [1.165, 1.54) is 15.6 Å². The summed E-state index contributed by atoms with van der Waals surface area (Å²) in [5.74, 6) is 1.09. The molecule has 0 saturated carbocycles. The number of nitrogens with zero attached hydrogens (tertiary/aromatic N) is 1. The molecule has 1 amide bonds. The van der Waals surface area contributed by atoms with Gasteiger partial charge in [0.15, 0.2) is 0 Å². The topological polar surface area (TPSA) is 84.9 Å². The van der Waals surface area contributed by atoms with Gasteiger partial charge in [-0.3, -0.25) is 4.79 Å². The quantitative estimate of drug-likeness (QED) is 0.680. The molecule has 2 aromatic rings. The lowest BCUT2D eigenvalue weighted by Gasteiger charge is -2.30. The van der Waals surface area contributed by atoms with Gasteiger partial charge in [0.05, 0.1) is 12.5 Å². The highest BCUT2D eigenvalue weighted by Gasteiger charge is 2.34. The summed E-state index contributed by atoms with van der Waals surface area (Å²) in [5, 5.41) is 4.73. The number of rotatable bonds is 7. The fourth-order valence-electron chi connectivity index (χ4n) is 4.15. The maximum atomic E-state index is 12.9. The number of sulfonamides is 1. The van der Waals surface area contributed by atoms with E-state index in [0.717, 1.165) is 29.0 Å². The van der Waals surface area contributed by atoms with Gasteiger partial charge >= 0.3 is 0 Å². The van der Waals surface area contributed by atoms with Gasteiger partial charge in [-0.2, -0.15) is 4.31 Å². The average Bonchev–Trinajstić information content (AvgIpc) is 3.41. The van der Waals surface area contributed by atoms with Gasteiger partial charge in [-0.1, -0.05) is 6.07 Å². The van der Waals surface area contributed by atoms with Crippen LogP contribution in [0.2, 0.25) is 0 Å². The number of amides is 1. The summed E-state index contributed by atoms with van der Waals surface area (Å²) in [6, 6.07) is 7.27. The predicted molar refractivity (Wildman–Crippen MR) is 119 cm³/mol. The Labute approximate surface area is 187 Å². The number of benzene rings is 1. The second kappa shape index (κ2) is 9.18. The minimum absolute atomic E-state index is 0.132. The van der Waals surface area contributed by atoms with Gasteiger partial charge in [0.1, 0.15) is 21.8 Å². The van der Waals surface area contributed by atoms with Gasteiger partial charge in [0.25, 0.3) is 10.0 Å². The lowest BCUT2D eigenvalue weighted by Crippen LogP contribution is -2.45. The molecule has 0 aliphatic carbocycles. The minimum Gasteiger partial charge on any atom is -0.494 e. The SMILES string of the molecule is CCOc1cc2c(cc1CNC(=O)[C@H]1CCCN(S(=O)(=O)c3cccs3)C1)O[C@H](C)C2. The van der Waals surface area contributed by atoms with Crippen LogP contribution in [-0.2, 0) is 27.8 Å². The number of nitrogens with one attached hydrogen (secondary N) is 1. The lowest BCUT2D eigenvalue weighted by molar-refractivity contribution is -0.126. The summed E-state index contributed by atoms with van der Waals surface area (Å²) in [4.78, 5) is 12.9. The van der Waals surface area contributed by atoms with E-state index >= 15 is 0 Å². The number of ether oxygens (including phenoxy) is 2. The number of carbonyl (C=O) groups is 1. The van der Waals surface area contributed by atoms with Crippen molar-refractivity contribution >= 4 is 27.3 Å². The van der Waals surface area contributed by atoms with Crippen LogP contribution in [0.1, 0.15) is 37.8 Å². The van der Waals surface area contributed by atoms with Crippen LogP contribution in [0.5, 0.6) is 11.5 Å². The molecule has 7 nitrogen and oxygen atoms in total. The molecule has 2 atom stereocenters. The van der Waals surface area contributed by atoms with Gasteiger partial charge in [-0.05, 0) is 50.3 Å². The van der Waals surface area contributed by atoms with E-state index in [4.69, 9.17) is 9.47 Å². The zero-order valence-corrected chi connectivity index (χ0v) is 19.4. The number of piperidine rings is 1. The molecule has 2 aliphatic rings. The Hall–Kier alpha value is -2.10. The van der Waals surface area contributed by atoms with Gasteiger partial charge in [0, 0.05) is 37.2 Å². The second-order valence-corrected chi connectivity index (χ2v) is 11.1. The summed E-state index contributed by atoms with van der Waals surface area (Å²) in [6.45, 7) is 5.45. The van der Waals surface area contributed by atoms with Crippen LogP contribution < -0.4 is 14.8 Å². The second-order valence-electron chi connectivity index (χ2n) is 7.99. The van der Waals surface area contributed by atoms with Gasteiger partial charge in [-0.15, -0.1) is 11.3 Å². The molecular formula is C22H28N2O5S2. The van der Waals surface area contributed by atoms with Crippen molar-refractivity contribution in [3.8, 4) is 11.5 Å². The summed E-state index contributed by atoms with van der Waals surface area (Å²) >= 11 is 1.20. The Morgan fingerprint density at radius 2 is 2.23 bits per heavy atom. The fraction of sp³-hybridized carbons (Fsp3) is 0.500. The van der Waals surface area contributed by atoms with E-state index < -0.39 is 10.0 Å². The third kappa shape index (κ3) is 4.73. The third-order valence-electron chi connectivity index (χ3n) is 5.68. The molecule has 9 heteroatoms. The molecular weight excluding hydrogens is 436 g/mol. The Kier molecular flexibility index (Phi) is 6.55. The largest absolute Gasteiger partial charge is 0.494 e. The van der Waals surface area contributed by atoms with Crippen LogP contribution in [0.25, 0.3) is 0 Å². The van der Waals surface area contributed by atoms with Crippen molar-refractivity contribution in [2.45, 2.75) is 50.0 Å². The molecule has 1 aromatic heterocycles. The zero-order chi connectivity index (χ0) is 22.0. The Balaban J connectivity index is 1.43. The zero-order valence-electron chi connectivity index (χ0n) is 17.8. The van der Waals surface area contributed by atoms with Crippen LogP contribution in [0.3, 0.4) is 0 Å². The molecule has 1 fully saturated rings. The molecule has 0 spiro atoms. The summed E-state index contributed by atoms with van der Waals surface area (Å²) in [5.41, 5.74) is 1.98.